The van der Waals surface area contributed by atoms with Crippen LogP contribution < -0.4 is 10.5 Å². The second kappa shape index (κ2) is 3.57. The van der Waals surface area contributed by atoms with E-state index in [0.29, 0.717) is 19.2 Å². The Labute approximate surface area is 74.9 Å². The van der Waals surface area contributed by atoms with E-state index in [0.717, 1.165) is 13.1 Å². The number of nitrogens with zero attached hydrogens (tertiary/aromatic N) is 2. The van der Waals surface area contributed by atoms with E-state index in [9.17, 15) is 4.79 Å². The van der Waals surface area contributed by atoms with Gasteiger partial charge < -0.3 is 14.1 Å². The van der Waals surface area contributed by atoms with E-state index < -0.39 is 0 Å². The van der Waals surface area contributed by atoms with Crippen molar-refractivity contribution in [2.24, 2.45) is 0 Å². The molecule has 0 unspecified atom stereocenters. The second-order valence-electron chi connectivity index (χ2n) is 2.75. The molecule has 70 valence electrons. The first-order chi connectivity index (χ1) is 6.36. The molecule has 13 heavy (non-hydrogen) atoms. The average Bonchev–Trinajstić information content (AvgIpc) is 2.19. The highest BCUT2D eigenvalue weighted by atomic mass is 16.5. The Morgan fingerprint density at radius 2 is 2.15 bits per heavy atom. The van der Waals surface area contributed by atoms with Crippen molar-refractivity contribution in [1.29, 1.82) is 0 Å². The van der Waals surface area contributed by atoms with Gasteiger partial charge in [0.15, 0.2) is 0 Å². The van der Waals surface area contributed by atoms with E-state index >= 15 is 0 Å². The monoisotopic (exact) mass is 182 g/mol. The number of hydrogen-bond acceptors (Lipinski definition) is 5. The zero-order chi connectivity index (χ0) is 9.10. The van der Waals surface area contributed by atoms with Gasteiger partial charge in [-0.15, -0.1) is 0 Å². The van der Waals surface area contributed by atoms with Crippen molar-refractivity contribution in [3.05, 3.63) is 22.7 Å². The maximum absolute atomic E-state index is 10.9. The molecule has 1 aromatic rings. The Kier molecular flexibility index (Phi) is 2.27. The summed E-state index contributed by atoms with van der Waals surface area (Å²) in [5.41, 5.74) is -0.364. The van der Waals surface area contributed by atoms with Crippen molar-refractivity contribution in [2.45, 2.75) is 0 Å². The molecule has 0 aliphatic carbocycles. The normalized spacial score (nSPS) is 17.4. The summed E-state index contributed by atoms with van der Waals surface area (Å²) in [5, 5.41) is 0. The smallest absolute Gasteiger partial charge is 0.340 e. The fraction of sp³-hybridized carbons (Fsp3) is 0.500. The molecular formula is C8H10N2O3. The van der Waals surface area contributed by atoms with Gasteiger partial charge >= 0.3 is 5.63 Å². The maximum atomic E-state index is 10.9. The second-order valence-corrected chi connectivity index (χ2v) is 2.75. The third kappa shape index (κ3) is 1.86. The standard InChI is InChI=1S/C8H10N2O3/c11-7-1-2-9-8(13-7)10-3-5-12-6-4-10/h1-2H,3-6H2. The van der Waals surface area contributed by atoms with Crippen LogP contribution in [0.1, 0.15) is 0 Å². The largest absolute Gasteiger partial charge is 0.389 e. The quantitative estimate of drug-likeness (QED) is 0.605. The molecule has 0 aromatic carbocycles. The summed E-state index contributed by atoms with van der Waals surface area (Å²) in [7, 11) is 0. The lowest BCUT2D eigenvalue weighted by Crippen LogP contribution is -2.37. The van der Waals surface area contributed by atoms with Gasteiger partial charge in [0, 0.05) is 25.4 Å². The van der Waals surface area contributed by atoms with Crippen LogP contribution in [-0.2, 0) is 4.74 Å². The summed E-state index contributed by atoms with van der Waals surface area (Å²) in [6, 6.07) is 1.68. The highest BCUT2D eigenvalue weighted by molar-refractivity contribution is 5.24. The Morgan fingerprint density at radius 3 is 2.85 bits per heavy atom. The molecule has 5 nitrogen and oxygen atoms in total. The number of hydrogen-bond donors (Lipinski definition) is 0. The van der Waals surface area contributed by atoms with Crippen LogP contribution in [0.5, 0.6) is 0 Å². The molecule has 1 fully saturated rings. The zero-order valence-electron chi connectivity index (χ0n) is 7.10. The summed E-state index contributed by atoms with van der Waals surface area (Å²) in [6.07, 6.45) is 1.45. The molecule has 1 aliphatic heterocycles. The van der Waals surface area contributed by atoms with Gasteiger partial charge in [-0.05, 0) is 0 Å². The first kappa shape index (κ1) is 8.25. The molecule has 1 aromatic heterocycles. The average molecular weight is 182 g/mol. The van der Waals surface area contributed by atoms with Gasteiger partial charge in [-0.3, -0.25) is 0 Å². The van der Waals surface area contributed by atoms with Gasteiger partial charge in [0.05, 0.1) is 13.2 Å². The van der Waals surface area contributed by atoms with Gasteiger partial charge in [0.2, 0.25) is 0 Å². The van der Waals surface area contributed by atoms with Crippen LogP contribution in [0.15, 0.2) is 21.5 Å². The lowest BCUT2D eigenvalue weighted by Gasteiger charge is -2.25. The topological polar surface area (TPSA) is 55.6 Å². The van der Waals surface area contributed by atoms with Crippen molar-refractivity contribution >= 4 is 6.01 Å². The van der Waals surface area contributed by atoms with Crippen molar-refractivity contribution in [2.75, 3.05) is 31.2 Å². The van der Waals surface area contributed by atoms with Crippen molar-refractivity contribution < 1.29 is 9.15 Å². The van der Waals surface area contributed by atoms with Gasteiger partial charge in [0.1, 0.15) is 0 Å². The van der Waals surface area contributed by atoms with Gasteiger partial charge in [-0.2, -0.15) is 0 Å². The highest BCUT2D eigenvalue weighted by Crippen LogP contribution is 2.08. The lowest BCUT2D eigenvalue weighted by atomic mass is 10.4. The van der Waals surface area contributed by atoms with Crippen LogP contribution in [0.25, 0.3) is 0 Å². The number of ether oxygens (including phenoxy) is 1. The minimum absolute atomic E-state index is 0.364. The van der Waals surface area contributed by atoms with E-state index in [1.54, 1.807) is 0 Å². The summed E-state index contributed by atoms with van der Waals surface area (Å²) >= 11 is 0. The fourth-order valence-electron chi connectivity index (χ4n) is 1.21. The van der Waals surface area contributed by atoms with Crippen molar-refractivity contribution in [3.63, 3.8) is 0 Å². The highest BCUT2D eigenvalue weighted by Gasteiger charge is 2.14. The van der Waals surface area contributed by atoms with Gasteiger partial charge in [-0.25, -0.2) is 9.78 Å². The molecule has 0 amide bonds. The first-order valence-electron chi connectivity index (χ1n) is 4.15. The van der Waals surface area contributed by atoms with Crippen LogP contribution in [0, 0.1) is 0 Å². The lowest BCUT2D eigenvalue weighted by molar-refractivity contribution is 0.119. The molecule has 1 aliphatic rings. The summed E-state index contributed by atoms with van der Waals surface area (Å²) in [6.45, 7) is 2.75. The zero-order valence-corrected chi connectivity index (χ0v) is 7.10. The number of aromatic nitrogens is 1. The van der Waals surface area contributed by atoms with Gasteiger partial charge in [0.25, 0.3) is 6.01 Å². The molecule has 0 atom stereocenters. The van der Waals surface area contributed by atoms with E-state index in [1.807, 2.05) is 4.90 Å². The molecule has 0 bridgehead atoms. The minimum Gasteiger partial charge on any atom is -0.389 e. The molecular weight excluding hydrogens is 172 g/mol. The first-order valence-corrected chi connectivity index (χ1v) is 4.15. The van der Waals surface area contributed by atoms with E-state index in [4.69, 9.17) is 9.15 Å². The Bertz CT molecular complexity index is 330. The van der Waals surface area contributed by atoms with E-state index in [2.05, 4.69) is 4.98 Å². The van der Waals surface area contributed by atoms with E-state index in [1.165, 1.54) is 12.3 Å². The predicted molar refractivity (Wildman–Crippen MR) is 45.8 cm³/mol. The number of morpholine rings is 1. The molecule has 0 N–H and O–H groups in total. The molecule has 2 rings (SSSR count). The van der Waals surface area contributed by atoms with E-state index in [-0.39, 0.29) is 5.63 Å². The predicted octanol–water partition coefficient (Wildman–Crippen LogP) is -0.129. The Morgan fingerprint density at radius 1 is 1.38 bits per heavy atom. The molecule has 0 saturated carbocycles. The van der Waals surface area contributed by atoms with Crippen LogP contribution in [0.4, 0.5) is 6.01 Å². The minimum atomic E-state index is -0.364. The molecule has 0 radical (unpaired) electrons. The molecule has 2 heterocycles. The third-order valence-corrected chi connectivity index (χ3v) is 1.87. The number of anilines is 1. The molecule has 1 saturated heterocycles. The molecule has 0 spiro atoms. The third-order valence-electron chi connectivity index (χ3n) is 1.87. The number of rotatable bonds is 1. The van der Waals surface area contributed by atoms with Crippen molar-refractivity contribution in [1.82, 2.24) is 4.98 Å². The SMILES string of the molecule is O=c1ccnc(N2CCOCC2)o1. The maximum Gasteiger partial charge on any atom is 0.340 e. The van der Waals surface area contributed by atoms with Crippen LogP contribution in [0.3, 0.4) is 0 Å². The summed E-state index contributed by atoms with van der Waals surface area (Å²) in [4.78, 5) is 16.7. The van der Waals surface area contributed by atoms with Crippen molar-refractivity contribution in [3.8, 4) is 0 Å². The fourth-order valence-corrected chi connectivity index (χ4v) is 1.21. The van der Waals surface area contributed by atoms with Gasteiger partial charge in [-0.1, -0.05) is 0 Å². The Hall–Kier alpha value is -1.36. The van der Waals surface area contributed by atoms with Crippen LogP contribution in [0.2, 0.25) is 0 Å². The molecule has 5 heteroatoms. The summed E-state index contributed by atoms with van der Waals surface area (Å²) in [5.74, 6) is 0. The van der Waals surface area contributed by atoms with Crippen LogP contribution in [-0.4, -0.2) is 31.3 Å². The van der Waals surface area contributed by atoms with Crippen LogP contribution >= 0.6 is 0 Å². The summed E-state index contributed by atoms with van der Waals surface area (Å²) < 4.78 is 10.1. The Balaban J connectivity index is 2.19.